The number of hydrogen-bond donors (Lipinski definition) is 0. The summed E-state index contributed by atoms with van der Waals surface area (Å²) in [7, 11) is 0. The fourth-order valence-corrected chi connectivity index (χ4v) is 1.76. The summed E-state index contributed by atoms with van der Waals surface area (Å²) >= 11 is 0. The Labute approximate surface area is 119 Å². The first-order valence-corrected chi connectivity index (χ1v) is 7.31. The van der Waals surface area contributed by atoms with Gasteiger partial charge in [-0.05, 0) is 30.5 Å². The van der Waals surface area contributed by atoms with Gasteiger partial charge in [0.2, 0.25) is 0 Å². The molecule has 0 unspecified atom stereocenters. The van der Waals surface area contributed by atoms with Gasteiger partial charge in [0.25, 0.3) is 0 Å². The van der Waals surface area contributed by atoms with E-state index in [-0.39, 0.29) is 0 Å². The average Bonchev–Trinajstić information content (AvgIpc) is 2.43. The highest BCUT2D eigenvalue weighted by Crippen LogP contribution is 2.23. The summed E-state index contributed by atoms with van der Waals surface area (Å²) in [5.74, 6) is 0. The Hall–Kier alpha value is -1.56. The molecule has 2 aromatic rings. The number of aryl methyl sites for hydroxylation is 2. The van der Waals surface area contributed by atoms with Gasteiger partial charge in [-0.25, -0.2) is 0 Å². The molecule has 0 fully saturated rings. The van der Waals surface area contributed by atoms with Gasteiger partial charge < -0.3 is 0 Å². The smallest absolute Gasteiger partial charge is 0.0155 e. The standard InChI is InChI=1S/C14H14.C3H8.C2H6/c1-11-8-9-14(12(2)10-11)13-6-4-3-5-7-13;1-3-2;1-2/h3-10H,1-2H3;3H2,1-2H3;1-2H3. The maximum Gasteiger partial charge on any atom is -0.0155 e. The first-order valence-electron chi connectivity index (χ1n) is 7.31. The van der Waals surface area contributed by atoms with E-state index < -0.39 is 0 Å². The predicted molar refractivity (Wildman–Crippen MR) is 88.7 cm³/mol. The van der Waals surface area contributed by atoms with Crippen molar-refractivity contribution in [3.8, 4) is 11.1 Å². The Balaban J connectivity index is 0.000000573. The van der Waals surface area contributed by atoms with Crippen molar-refractivity contribution in [2.24, 2.45) is 0 Å². The lowest BCUT2D eigenvalue weighted by molar-refractivity contribution is 1.09. The summed E-state index contributed by atoms with van der Waals surface area (Å²) in [6, 6.07) is 17.1. The van der Waals surface area contributed by atoms with E-state index in [4.69, 9.17) is 0 Å². The lowest BCUT2D eigenvalue weighted by atomic mass is 9.99. The summed E-state index contributed by atoms with van der Waals surface area (Å²) in [4.78, 5) is 0. The normalized spacial score (nSPS) is 8.74. The van der Waals surface area contributed by atoms with Gasteiger partial charge in [-0.3, -0.25) is 0 Å². The molecular weight excluding hydrogens is 228 g/mol. The van der Waals surface area contributed by atoms with Crippen LogP contribution >= 0.6 is 0 Å². The summed E-state index contributed by atoms with van der Waals surface area (Å²) in [6.07, 6.45) is 1.25. The molecular formula is C19H28. The molecule has 0 aliphatic rings. The summed E-state index contributed by atoms with van der Waals surface area (Å²) in [5, 5.41) is 0. The molecule has 0 bridgehead atoms. The molecule has 0 atom stereocenters. The van der Waals surface area contributed by atoms with E-state index in [0.717, 1.165) is 0 Å². The highest BCUT2D eigenvalue weighted by atomic mass is 14.0. The molecule has 19 heavy (non-hydrogen) atoms. The quantitative estimate of drug-likeness (QED) is 0.552. The molecule has 0 saturated heterocycles. The minimum Gasteiger partial charge on any atom is -0.0683 e. The van der Waals surface area contributed by atoms with Crippen molar-refractivity contribution >= 4 is 0 Å². The number of benzene rings is 2. The van der Waals surface area contributed by atoms with Crippen LogP contribution < -0.4 is 0 Å². The molecule has 104 valence electrons. The maximum atomic E-state index is 2.22. The molecule has 0 aliphatic carbocycles. The summed E-state index contributed by atoms with van der Waals surface area (Å²) in [6.45, 7) is 12.5. The first-order chi connectivity index (χ1) is 9.19. The molecule has 0 radical (unpaired) electrons. The van der Waals surface area contributed by atoms with Crippen molar-refractivity contribution < 1.29 is 0 Å². The van der Waals surface area contributed by atoms with Gasteiger partial charge in [0.15, 0.2) is 0 Å². The zero-order valence-corrected chi connectivity index (χ0v) is 13.3. The third-order valence-electron chi connectivity index (χ3n) is 2.47. The zero-order chi connectivity index (χ0) is 14.7. The van der Waals surface area contributed by atoms with E-state index >= 15 is 0 Å². The Morgan fingerprint density at radius 1 is 0.789 bits per heavy atom. The van der Waals surface area contributed by atoms with E-state index in [9.17, 15) is 0 Å². The Morgan fingerprint density at radius 3 is 1.79 bits per heavy atom. The molecule has 0 nitrogen and oxygen atoms in total. The summed E-state index contributed by atoms with van der Waals surface area (Å²) in [5.41, 5.74) is 5.29. The zero-order valence-electron chi connectivity index (χ0n) is 13.3. The van der Waals surface area contributed by atoms with Gasteiger partial charge in [-0.15, -0.1) is 0 Å². The summed E-state index contributed by atoms with van der Waals surface area (Å²) < 4.78 is 0. The van der Waals surface area contributed by atoms with Crippen molar-refractivity contribution in [2.45, 2.75) is 48.0 Å². The Bertz CT molecular complexity index is 441. The van der Waals surface area contributed by atoms with Crippen molar-refractivity contribution in [1.82, 2.24) is 0 Å². The van der Waals surface area contributed by atoms with Crippen molar-refractivity contribution in [3.63, 3.8) is 0 Å². The van der Waals surface area contributed by atoms with E-state index in [2.05, 4.69) is 70.2 Å². The molecule has 0 N–H and O–H groups in total. The van der Waals surface area contributed by atoms with Crippen LogP contribution in [-0.2, 0) is 0 Å². The van der Waals surface area contributed by atoms with E-state index in [0.29, 0.717) is 0 Å². The molecule has 0 amide bonds. The largest absolute Gasteiger partial charge is 0.0683 e. The van der Waals surface area contributed by atoms with Crippen molar-refractivity contribution in [2.75, 3.05) is 0 Å². The Morgan fingerprint density at radius 2 is 1.32 bits per heavy atom. The van der Waals surface area contributed by atoms with Crippen LogP contribution in [0.4, 0.5) is 0 Å². The van der Waals surface area contributed by atoms with Gasteiger partial charge in [0, 0.05) is 0 Å². The monoisotopic (exact) mass is 256 g/mol. The van der Waals surface area contributed by atoms with Crippen LogP contribution in [0, 0.1) is 13.8 Å². The van der Waals surface area contributed by atoms with Crippen LogP contribution in [0.25, 0.3) is 11.1 Å². The van der Waals surface area contributed by atoms with E-state index in [1.54, 1.807) is 0 Å². The highest BCUT2D eigenvalue weighted by Gasteiger charge is 1.99. The van der Waals surface area contributed by atoms with Crippen LogP contribution in [0.1, 0.15) is 45.2 Å². The minimum atomic E-state index is 1.25. The maximum absolute atomic E-state index is 2.22. The van der Waals surface area contributed by atoms with E-state index in [1.165, 1.54) is 28.7 Å². The second-order valence-corrected chi connectivity index (χ2v) is 4.39. The van der Waals surface area contributed by atoms with Crippen molar-refractivity contribution in [1.29, 1.82) is 0 Å². The third kappa shape index (κ3) is 6.24. The van der Waals surface area contributed by atoms with Crippen LogP contribution in [0.2, 0.25) is 0 Å². The molecule has 0 aliphatic heterocycles. The third-order valence-corrected chi connectivity index (χ3v) is 2.47. The fraction of sp³-hybridized carbons (Fsp3) is 0.368. The van der Waals surface area contributed by atoms with Crippen LogP contribution in [0.15, 0.2) is 48.5 Å². The van der Waals surface area contributed by atoms with Gasteiger partial charge >= 0.3 is 0 Å². The second kappa shape index (κ2) is 10.4. The second-order valence-electron chi connectivity index (χ2n) is 4.39. The van der Waals surface area contributed by atoms with E-state index in [1.807, 2.05) is 19.9 Å². The fourth-order valence-electron chi connectivity index (χ4n) is 1.76. The average molecular weight is 256 g/mol. The number of hydrogen-bond acceptors (Lipinski definition) is 0. The van der Waals surface area contributed by atoms with Gasteiger partial charge in [-0.1, -0.05) is 88.2 Å². The van der Waals surface area contributed by atoms with Crippen LogP contribution in [0.5, 0.6) is 0 Å². The topological polar surface area (TPSA) is 0 Å². The predicted octanol–water partition coefficient (Wildman–Crippen LogP) is 6.41. The molecule has 0 heterocycles. The SMILES string of the molecule is CC.CCC.Cc1ccc(-c2ccccc2)c(C)c1. The lowest BCUT2D eigenvalue weighted by Crippen LogP contribution is -1.83. The molecule has 2 rings (SSSR count). The lowest BCUT2D eigenvalue weighted by Gasteiger charge is -2.06. The van der Waals surface area contributed by atoms with Crippen molar-refractivity contribution in [3.05, 3.63) is 59.7 Å². The molecule has 0 saturated carbocycles. The first kappa shape index (κ1) is 17.4. The molecule has 0 spiro atoms. The Kier molecular flexibility index (Phi) is 9.52. The van der Waals surface area contributed by atoms with Crippen LogP contribution in [0.3, 0.4) is 0 Å². The molecule has 0 heteroatoms. The number of rotatable bonds is 1. The molecule has 2 aromatic carbocycles. The minimum absolute atomic E-state index is 1.25. The van der Waals surface area contributed by atoms with Gasteiger partial charge in [0.05, 0.1) is 0 Å². The highest BCUT2D eigenvalue weighted by molar-refractivity contribution is 5.67. The molecule has 0 aromatic heterocycles. The van der Waals surface area contributed by atoms with Crippen LogP contribution in [-0.4, -0.2) is 0 Å². The van der Waals surface area contributed by atoms with Gasteiger partial charge in [-0.2, -0.15) is 0 Å². The van der Waals surface area contributed by atoms with Gasteiger partial charge in [0.1, 0.15) is 0 Å².